The number of likely N-dealkylation sites (N-methyl/N-ethyl adjacent to an activating group) is 1. The van der Waals surface area contributed by atoms with Gasteiger partial charge >= 0.3 is 0 Å². The van der Waals surface area contributed by atoms with Gasteiger partial charge in [-0.3, -0.25) is 9.69 Å². The van der Waals surface area contributed by atoms with Gasteiger partial charge in [0.05, 0.1) is 6.54 Å². The molecule has 0 saturated heterocycles. The van der Waals surface area contributed by atoms with Crippen LogP contribution in [0, 0.1) is 0 Å². The fourth-order valence-electron chi connectivity index (χ4n) is 1.29. The van der Waals surface area contributed by atoms with Crippen molar-refractivity contribution in [2.45, 2.75) is 33.2 Å². The van der Waals surface area contributed by atoms with Crippen LogP contribution in [-0.2, 0) is 4.79 Å². The molecule has 84 valence electrons. The minimum atomic E-state index is 0.0672. The minimum absolute atomic E-state index is 0.0672. The molecule has 0 aromatic carbocycles. The Balaban J connectivity index is 3.85. The highest BCUT2D eigenvalue weighted by molar-refractivity contribution is 5.78. The summed E-state index contributed by atoms with van der Waals surface area (Å²) in [5, 5.41) is 2.77. The van der Waals surface area contributed by atoms with E-state index in [0.29, 0.717) is 25.7 Å². The van der Waals surface area contributed by atoms with Gasteiger partial charge in [0.2, 0.25) is 5.91 Å². The smallest absolute Gasteiger partial charge is 0.234 e. The number of nitrogens with one attached hydrogen (secondary N) is 1. The van der Waals surface area contributed by atoms with Crippen molar-refractivity contribution in [2.75, 3.05) is 26.2 Å². The molecule has 0 radical (unpaired) electrons. The molecular weight excluding hydrogens is 178 g/mol. The quantitative estimate of drug-likeness (QED) is 0.618. The average Bonchev–Trinajstić information content (AvgIpc) is 2.21. The summed E-state index contributed by atoms with van der Waals surface area (Å²) in [4.78, 5) is 13.5. The Morgan fingerprint density at radius 3 is 2.57 bits per heavy atom. The summed E-state index contributed by atoms with van der Waals surface area (Å²) in [7, 11) is 0. The molecule has 0 rings (SSSR count). The van der Waals surface area contributed by atoms with Crippen LogP contribution in [0.25, 0.3) is 0 Å². The lowest BCUT2D eigenvalue weighted by atomic mass is 10.2. The van der Waals surface area contributed by atoms with Crippen LogP contribution in [0.4, 0.5) is 0 Å². The predicted molar refractivity (Wildman–Crippen MR) is 59.1 cm³/mol. The summed E-state index contributed by atoms with van der Waals surface area (Å²) in [6.07, 6.45) is 1.07. The van der Waals surface area contributed by atoms with Crippen LogP contribution in [-0.4, -0.2) is 43.0 Å². The van der Waals surface area contributed by atoms with Crippen LogP contribution in [0.1, 0.15) is 27.2 Å². The maximum atomic E-state index is 11.4. The Labute approximate surface area is 86.8 Å². The van der Waals surface area contributed by atoms with Gasteiger partial charge < -0.3 is 11.1 Å². The van der Waals surface area contributed by atoms with Crippen molar-refractivity contribution in [3.05, 3.63) is 0 Å². The van der Waals surface area contributed by atoms with Gasteiger partial charge in [-0.15, -0.1) is 0 Å². The van der Waals surface area contributed by atoms with Crippen molar-refractivity contribution in [3.63, 3.8) is 0 Å². The molecule has 0 aromatic heterocycles. The summed E-state index contributed by atoms with van der Waals surface area (Å²) in [5.41, 5.74) is 5.30. The zero-order valence-corrected chi connectivity index (χ0v) is 9.55. The molecule has 0 aliphatic heterocycles. The highest BCUT2D eigenvalue weighted by Gasteiger charge is 2.13. The van der Waals surface area contributed by atoms with Gasteiger partial charge in [0.15, 0.2) is 0 Å². The lowest BCUT2D eigenvalue weighted by Gasteiger charge is -2.26. The summed E-state index contributed by atoms with van der Waals surface area (Å²) < 4.78 is 0. The number of amides is 1. The molecule has 0 spiro atoms. The maximum Gasteiger partial charge on any atom is 0.234 e. The summed E-state index contributed by atoms with van der Waals surface area (Å²) in [6.45, 7) is 8.79. The third-order valence-corrected chi connectivity index (χ3v) is 2.43. The SMILES string of the molecule is CCC(C)N(CC)CC(=O)NCCN. The van der Waals surface area contributed by atoms with E-state index in [-0.39, 0.29) is 5.91 Å². The molecule has 0 fully saturated rings. The third-order valence-electron chi connectivity index (χ3n) is 2.43. The summed E-state index contributed by atoms with van der Waals surface area (Å²) >= 11 is 0. The molecule has 4 heteroatoms. The highest BCUT2D eigenvalue weighted by Crippen LogP contribution is 2.01. The first-order valence-electron chi connectivity index (χ1n) is 5.36. The van der Waals surface area contributed by atoms with Crippen LogP contribution in [0.15, 0.2) is 0 Å². The van der Waals surface area contributed by atoms with E-state index in [1.54, 1.807) is 0 Å². The number of nitrogens with two attached hydrogens (primary N) is 1. The minimum Gasteiger partial charge on any atom is -0.354 e. The summed E-state index contributed by atoms with van der Waals surface area (Å²) in [6, 6.07) is 0.462. The number of rotatable bonds is 7. The number of carbonyl (C=O) groups is 1. The Morgan fingerprint density at radius 2 is 2.14 bits per heavy atom. The number of nitrogens with zero attached hydrogens (tertiary/aromatic N) is 1. The van der Waals surface area contributed by atoms with E-state index in [9.17, 15) is 4.79 Å². The molecule has 0 heterocycles. The second kappa shape index (κ2) is 7.76. The van der Waals surface area contributed by atoms with Crippen LogP contribution >= 0.6 is 0 Å². The van der Waals surface area contributed by atoms with Crippen molar-refractivity contribution < 1.29 is 4.79 Å². The van der Waals surface area contributed by atoms with Crippen LogP contribution in [0.3, 0.4) is 0 Å². The Kier molecular flexibility index (Phi) is 7.42. The van der Waals surface area contributed by atoms with Crippen LogP contribution < -0.4 is 11.1 Å². The Hall–Kier alpha value is -0.610. The largest absolute Gasteiger partial charge is 0.354 e. The van der Waals surface area contributed by atoms with Crippen molar-refractivity contribution in [1.82, 2.24) is 10.2 Å². The van der Waals surface area contributed by atoms with Gasteiger partial charge in [-0.05, 0) is 19.9 Å². The first kappa shape index (κ1) is 13.4. The van der Waals surface area contributed by atoms with Crippen molar-refractivity contribution >= 4 is 5.91 Å². The van der Waals surface area contributed by atoms with Gasteiger partial charge in [-0.25, -0.2) is 0 Å². The number of hydrogen-bond acceptors (Lipinski definition) is 3. The molecular formula is C10H23N3O. The monoisotopic (exact) mass is 201 g/mol. The maximum absolute atomic E-state index is 11.4. The van der Waals surface area contributed by atoms with Gasteiger partial charge in [0, 0.05) is 19.1 Å². The molecule has 4 nitrogen and oxygen atoms in total. The lowest BCUT2D eigenvalue weighted by molar-refractivity contribution is -0.122. The molecule has 0 bridgehead atoms. The zero-order chi connectivity index (χ0) is 11.0. The van der Waals surface area contributed by atoms with Crippen molar-refractivity contribution in [3.8, 4) is 0 Å². The molecule has 14 heavy (non-hydrogen) atoms. The molecule has 0 aromatic rings. The van der Waals surface area contributed by atoms with E-state index in [2.05, 4.69) is 31.0 Å². The first-order chi connectivity index (χ1) is 6.65. The second-order valence-corrected chi connectivity index (χ2v) is 3.46. The Bertz CT molecular complexity index is 161. The van der Waals surface area contributed by atoms with E-state index >= 15 is 0 Å². The van der Waals surface area contributed by atoms with Crippen molar-refractivity contribution in [2.24, 2.45) is 5.73 Å². The molecule has 0 aliphatic rings. The van der Waals surface area contributed by atoms with Crippen LogP contribution in [0.2, 0.25) is 0 Å². The van der Waals surface area contributed by atoms with Crippen molar-refractivity contribution in [1.29, 1.82) is 0 Å². The standard InChI is InChI=1S/C10H23N3O/c1-4-9(3)13(5-2)8-10(14)12-7-6-11/h9H,4-8,11H2,1-3H3,(H,12,14). The summed E-state index contributed by atoms with van der Waals surface area (Å²) in [5.74, 6) is 0.0672. The Morgan fingerprint density at radius 1 is 1.50 bits per heavy atom. The van der Waals surface area contributed by atoms with Gasteiger partial charge in [-0.1, -0.05) is 13.8 Å². The van der Waals surface area contributed by atoms with E-state index < -0.39 is 0 Å². The molecule has 0 saturated carbocycles. The lowest BCUT2D eigenvalue weighted by Crippen LogP contribution is -2.42. The molecule has 1 amide bonds. The van der Waals surface area contributed by atoms with E-state index in [1.807, 2.05) is 0 Å². The molecule has 1 atom stereocenters. The second-order valence-electron chi connectivity index (χ2n) is 3.46. The van der Waals surface area contributed by atoms with E-state index in [1.165, 1.54) is 0 Å². The van der Waals surface area contributed by atoms with Gasteiger partial charge in [0.1, 0.15) is 0 Å². The van der Waals surface area contributed by atoms with E-state index in [0.717, 1.165) is 13.0 Å². The van der Waals surface area contributed by atoms with Gasteiger partial charge in [0.25, 0.3) is 0 Å². The molecule has 3 N–H and O–H groups in total. The van der Waals surface area contributed by atoms with E-state index in [4.69, 9.17) is 5.73 Å². The normalized spacial score (nSPS) is 12.9. The predicted octanol–water partition coefficient (Wildman–Crippen LogP) is 0.182. The highest BCUT2D eigenvalue weighted by atomic mass is 16.2. The molecule has 0 aliphatic carbocycles. The fourth-order valence-corrected chi connectivity index (χ4v) is 1.29. The van der Waals surface area contributed by atoms with Gasteiger partial charge in [-0.2, -0.15) is 0 Å². The third kappa shape index (κ3) is 5.19. The average molecular weight is 201 g/mol. The first-order valence-corrected chi connectivity index (χ1v) is 5.36. The number of hydrogen-bond donors (Lipinski definition) is 2. The molecule has 1 unspecified atom stereocenters. The zero-order valence-electron chi connectivity index (χ0n) is 9.55. The number of carbonyl (C=O) groups excluding carboxylic acids is 1. The topological polar surface area (TPSA) is 58.4 Å². The van der Waals surface area contributed by atoms with Crippen LogP contribution in [0.5, 0.6) is 0 Å². The fraction of sp³-hybridized carbons (Fsp3) is 0.900.